The van der Waals surface area contributed by atoms with Gasteiger partial charge in [0.2, 0.25) is 5.60 Å². The van der Waals surface area contributed by atoms with Crippen LogP contribution in [0, 0.1) is 5.92 Å². The normalized spacial score (nSPS) is 13.6. The number of unbranched alkanes of at least 4 members (excludes halogenated alkanes) is 15. The number of hydrogen-bond donors (Lipinski definition) is 3. The van der Waals surface area contributed by atoms with Crippen molar-refractivity contribution in [3.05, 3.63) is 0 Å². The maximum absolute atomic E-state index is 12.3. The second-order valence-corrected chi connectivity index (χ2v) is 9.97. The van der Waals surface area contributed by atoms with Crippen molar-refractivity contribution < 1.29 is 39.2 Å². The predicted octanol–water partition coefficient (Wildman–Crippen LogP) is 6.98. The molecule has 0 saturated heterocycles. The summed E-state index contributed by atoms with van der Waals surface area (Å²) in [6.45, 7) is 4.16. The summed E-state index contributed by atoms with van der Waals surface area (Å²) in [5.74, 6) is -7.22. The minimum absolute atomic E-state index is 0.0603. The second kappa shape index (κ2) is 21.0. The standard InChI is InChI=1S/C28H50O8/c1-3-5-7-8-9-10-11-12-13-14-15-16-17-19-20-23(26(32)33)28(27(34)35,22-24(29)30)36-25(31)21-18-6-4-2/h23H,3-22H2,1-2H3,(H,29,30)(H,32,33)(H,34,35). The van der Waals surface area contributed by atoms with Crippen molar-refractivity contribution in [1.82, 2.24) is 0 Å². The quantitative estimate of drug-likeness (QED) is 0.0876. The number of esters is 1. The average molecular weight is 515 g/mol. The summed E-state index contributed by atoms with van der Waals surface area (Å²) in [4.78, 5) is 47.8. The minimum Gasteiger partial charge on any atom is -0.481 e. The van der Waals surface area contributed by atoms with Crippen molar-refractivity contribution in [2.24, 2.45) is 5.92 Å². The summed E-state index contributed by atoms with van der Waals surface area (Å²) in [5, 5.41) is 28.9. The Hall–Kier alpha value is -2.12. The van der Waals surface area contributed by atoms with Gasteiger partial charge in [-0.1, -0.05) is 117 Å². The van der Waals surface area contributed by atoms with E-state index in [-0.39, 0.29) is 12.8 Å². The zero-order valence-corrected chi connectivity index (χ0v) is 22.6. The Morgan fingerprint density at radius 1 is 0.639 bits per heavy atom. The van der Waals surface area contributed by atoms with Gasteiger partial charge in [0.15, 0.2) is 0 Å². The van der Waals surface area contributed by atoms with Crippen LogP contribution in [0.3, 0.4) is 0 Å². The molecular formula is C28H50O8. The lowest BCUT2D eigenvalue weighted by molar-refractivity contribution is -0.195. The zero-order valence-electron chi connectivity index (χ0n) is 22.6. The number of hydrogen-bond acceptors (Lipinski definition) is 5. The average Bonchev–Trinajstić information content (AvgIpc) is 2.80. The van der Waals surface area contributed by atoms with E-state index in [1.807, 2.05) is 6.92 Å². The first-order valence-corrected chi connectivity index (χ1v) is 14.1. The minimum atomic E-state index is -2.61. The molecule has 2 unspecified atom stereocenters. The van der Waals surface area contributed by atoms with Crippen molar-refractivity contribution >= 4 is 23.9 Å². The molecule has 0 saturated carbocycles. The fourth-order valence-electron chi connectivity index (χ4n) is 4.60. The van der Waals surface area contributed by atoms with E-state index in [2.05, 4.69) is 6.92 Å². The Morgan fingerprint density at radius 3 is 1.44 bits per heavy atom. The van der Waals surface area contributed by atoms with Crippen molar-refractivity contribution in [1.29, 1.82) is 0 Å². The highest BCUT2D eigenvalue weighted by Gasteiger charge is 2.54. The number of aliphatic carboxylic acids is 3. The summed E-state index contributed by atoms with van der Waals surface area (Å²) >= 11 is 0. The van der Waals surface area contributed by atoms with Crippen molar-refractivity contribution in [2.75, 3.05) is 0 Å². The molecule has 0 radical (unpaired) electrons. The van der Waals surface area contributed by atoms with Crippen LogP contribution in [-0.2, 0) is 23.9 Å². The van der Waals surface area contributed by atoms with Gasteiger partial charge in [0, 0.05) is 6.42 Å². The molecule has 0 aromatic heterocycles. The Morgan fingerprint density at radius 2 is 1.06 bits per heavy atom. The van der Waals surface area contributed by atoms with Crippen LogP contribution in [0.1, 0.15) is 142 Å². The molecule has 0 heterocycles. The van der Waals surface area contributed by atoms with Gasteiger partial charge in [-0.25, -0.2) is 4.79 Å². The first-order chi connectivity index (χ1) is 17.2. The third kappa shape index (κ3) is 15.1. The van der Waals surface area contributed by atoms with Gasteiger partial charge < -0.3 is 20.1 Å². The summed E-state index contributed by atoms with van der Waals surface area (Å²) in [6.07, 6.45) is 16.6. The monoisotopic (exact) mass is 514 g/mol. The molecule has 0 aliphatic rings. The van der Waals surface area contributed by atoms with E-state index in [1.165, 1.54) is 57.8 Å². The summed E-state index contributed by atoms with van der Waals surface area (Å²) in [6, 6.07) is 0. The Bertz CT molecular complexity index is 633. The highest BCUT2D eigenvalue weighted by Crippen LogP contribution is 2.33. The van der Waals surface area contributed by atoms with Crippen LogP contribution in [0.15, 0.2) is 0 Å². The van der Waals surface area contributed by atoms with Crippen molar-refractivity contribution in [3.8, 4) is 0 Å². The van der Waals surface area contributed by atoms with E-state index in [0.717, 1.165) is 32.1 Å². The number of carboxylic acids is 3. The first-order valence-electron chi connectivity index (χ1n) is 14.1. The number of carbonyl (C=O) groups is 4. The number of carboxylic acid groups (broad SMARTS) is 3. The van der Waals surface area contributed by atoms with Gasteiger partial charge in [-0.2, -0.15) is 0 Å². The summed E-state index contributed by atoms with van der Waals surface area (Å²) < 4.78 is 5.15. The molecule has 8 heteroatoms. The van der Waals surface area contributed by atoms with Gasteiger partial charge in [-0.05, 0) is 12.8 Å². The number of carbonyl (C=O) groups excluding carboxylic acids is 1. The zero-order chi connectivity index (χ0) is 27.2. The number of ether oxygens (including phenoxy) is 1. The molecule has 0 aliphatic carbocycles. The van der Waals surface area contributed by atoms with E-state index < -0.39 is 41.8 Å². The van der Waals surface area contributed by atoms with Gasteiger partial charge in [-0.15, -0.1) is 0 Å². The fourth-order valence-corrected chi connectivity index (χ4v) is 4.60. The van der Waals surface area contributed by atoms with E-state index in [4.69, 9.17) is 4.74 Å². The maximum atomic E-state index is 12.3. The highest BCUT2D eigenvalue weighted by molar-refractivity contribution is 5.92. The van der Waals surface area contributed by atoms with E-state index in [9.17, 15) is 34.5 Å². The summed E-state index contributed by atoms with van der Waals surface area (Å²) in [5.41, 5.74) is -2.61. The van der Waals surface area contributed by atoms with Crippen LogP contribution >= 0.6 is 0 Å². The van der Waals surface area contributed by atoms with Crippen LogP contribution in [0.2, 0.25) is 0 Å². The predicted molar refractivity (Wildman–Crippen MR) is 139 cm³/mol. The van der Waals surface area contributed by atoms with Crippen LogP contribution in [-0.4, -0.2) is 44.8 Å². The molecule has 0 aromatic rings. The van der Waals surface area contributed by atoms with Crippen LogP contribution in [0.4, 0.5) is 0 Å². The van der Waals surface area contributed by atoms with E-state index >= 15 is 0 Å². The highest BCUT2D eigenvalue weighted by atomic mass is 16.6. The molecule has 0 aliphatic heterocycles. The van der Waals surface area contributed by atoms with Crippen LogP contribution < -0.4 is 0 Å². The molecule has 210 valence electrons. The number of rotatable bonds is 25. The Kier molecular flexibility index (Phi) is 19.8. The first kappa shape index (κ1) is 33.9. The molecule has 0 spiro atoms. The molecule has 0 aromatic carbocycles. The van der Waals surface area contributed by atoms with Crippen LogP contribution in [0.25, 0.3) is 0 Å². The molecule has 0 bridgehead atoms. The smallest absolute Gasteiger partial charge is 0.349 e. The van der Waals surface area contributed by atoms with Gasteiger partial charge in [0.25, 0.3) is 0 Å². The fraction of sp³-hybridized carbons (Fsp3) is 0.857. The van der Waals surface area contributed by atoms with Gasteiger partial charge in [-0.3, -0.25) is 14.4 Å². The van der Waals surface area contributed by atoms with Crippen molar-refractivity contribution in [3.63, 3.8) is 0 Å². The lowest BCUT2D eigenvalue weighted by atomic mass is 9.80. The Balaban J connectivity index is 4.60. The Labute approximate surface area is 217 Å². The molecule has 0 rings (SSSR count). The topological polar surface area (TPSA) is 138 Å². The van der Waals surface area contributed by atoms with Crippen molar-refractivity contribution in [2.45, 2.75) is 148 Å². The van der Waals surface area contributed by atoms with Crippen LogP contribution in [0.5, 0.6) is 0 Å². The molecular weight excluding hydrogens is 464 g/mol. The molecule has 2 atom stereocenters. The summed E-state index contributed by atoms with van der Waals surface area (Å²) in [7, 11) is 0. The molecule has 0 amide bonds. The molecule has 0 fully saturated rings. The van der Waals surface area contributed by atoms with Gasteiger partial charge in [0.05, 0.1) is 6.42 Å². The SMILES string of the molecule is CCCCCCCCCCCCCCCCC(C(=O)O)C(CC(=O)O)(OC(=O)CCCCC)C(=O)O. The van der Waals surface area contributed by atoms with Gasteiger partial charge >= 0.3 is 23.9 Å². The lowest BCUT2D eigenvalue weighted by Gasteiger charge is -2.33. The second-order valence-electron chi connectivity index (χ2n) is 9.97. The molecule has 3 N–H and O–H groups in total. The van der Waals surface area contributed by atoms with Gasteiger partial charge in [0.1, 0.15) is 5.92 Å². The molecule has 36 heavy (non-hydrogen) atoms. The van der Waals surface area contributed by atoms with E-state index in [1.54, 1.807) is 0 Å². The largest absolute Gasteiger partial charge is 0.481 e. The third-order valence-corrected chi connectivity index (χ3v) is 6.76. The molecule has 8 nitrogen and oxygen atoms in total. The third-order valence-electron chi connectivity index (χ3n) is 6.76. The van der Waals surface area contributed by atoms with E-state index in [0.29, 0.717) is 19.3 Å². The lowest BCUT2D eigenvalue weighted by Crippen LogP contribution is -2.54. The maximum Gasteiger partial charge on any atom is 0.349 e.